The molecule has 0 spiro atoms. The third-order valence-corrected chi connectivity index (χ3v) is 3.40. The second-order valence-electron chi connectivity index (χ2n) is 3.69. The molecular formula is C12H12N4OS. The lowest BCUT2D eigenvalue weighted by molar-refractivity contribution is 0.309. The van der Waals surface area contributed by atoms with Crippen molar-refractivity contribution in [2.24, 2.45) is 0 Å². The summed E-state index contributed by atoms with van der Waals surface area (Å²) >= 11 is 1.60. The number of ether oxygens (including phenoxy) is 1. The van der Waals surface area contributed by atoms with Crippen molar-refractivity contribution < 1.29 is 4.74 Å². The van der Waals surface area contributed by atoms with Crippen LogP contribution in [0.1, 0.15) is 16.1 Å². The molecule has 0 aromatic carbocycles. The molecule has 0 bridgehead atoms. The number of nitriles is 1. The van der Waals surface area contributed by atoms with E-state index in [0.717, 1.165) is 12.1 Å². The van der Waals surface area contributed by atoms with Crippen LogP contribution in [-0.2, 0) is 6.42 Å². The second kappa shape index (κ2) is 5.47. The van der Waals surface area contributed by atoms with Crippen molar-refractivity contribution in [3.8, 4) is 11.9 Å². The quantitative estimate of drug-likeness (QED) is 0.907. The van der Waals surface area contributed by atoms with Crippen molar-refractivity contribution in [3.05, 3.63) is 33.9 Å². The third-order valence-electron chi connectivity index (χ3n) is 2.41. The van der Waals surface area contributed by atoms with E-state index in [1.807, 2.05) is 18.5 Å². The molecule has 0 fully saturated rings. The third kappa shape index (κ3) is 2.76. The van der Waals surface area contributed by atoms with E-state index in [-0.39, 0.29) is 0 Å². The molecule has 0 saturated heterocycles. The molecule has 0 aliphatic carbocycles. The molecule has 2 aromatic rings. The maximum Gasteiger partial charge on any atom is 0.231 e. The van der Waals surface area contributed by atoms with Crippen LogP contribution in [0.15, 0.2) is 17.8 Å². The summed E-state index contributed by atoms with van der Waals surface area (Å²) in [6.07, 6.45) is 2.24. The Kier molecular flexibility index (Phi) is 3.75. The molecule has 6 heteroatoms. The summed E-state index contributed by atoms with van der Waals surface area (Å²) in [5, 5.41) is 8.94. The number of hydrogen-bond acceptors (Lipinski definition) is 6. The zero-order valence-electron chi connectivity index (χ0n) is 9.88. The molecule has 0 unspecified atom stereocenters. The van der Waals surface area contributed by atoms with Crippen molar-refractivity contribution in [1.29, 1.82) is 5.26 Å². The highest BCUT2D eigenvalue weighted by Gasteiger charge is 2.07. The highest BCUT2D eigenvalue weighted by atomic mass is 32.1. The van der Waals surface area contributed by atoms with Gasteiger partial charge in [0.25, 0.3) is 0 Å². The van der Waals surface area contributed by atoms with Crippen LogP contribution in [0.4, 0.5) is 5.69 Å². The molecule has 0 aliphatic rings. The van der Waals surface area contributed by atoms with E-state index in [2.05, 4.69) is 9.97 Å². The minimum Gasteiger partial charge on any atom is -0.476 e. The van der Waals surface area contributed by atoms with Gasteiger partial charge in [0.15, 0.2) is 0 Å². The predicted octanol–water partition coefficient (Wildman–Crippen LogP) is 1.92. The lowest BCUT2D eigenvalue weighted by atomic mass is 10.3. The Morgan fingerprint density at radius 2 is 2.33 bits per heavy atom. The van der Waals surface area contributed by atoms with E-state index in [4.69, 9.17) is 15.7 Å². The normalized spacial score (nSPS) is 10.0. The topological polar surface area (TPSA) is 84.8 Å². The van der Waals surface area contributed by atoms with E-state index >= 15 is 0 Å². The summed E-state index contributed by atoms with van der Waals surface area (Å²) in [6, 6.07) is 3.57. The van der Waals surface area contributed by atoms with Crippen LogP contribution in [0.2, 0.25) is 0 Å². The summed E-state index contributed by atoms with van der Waals surface area (Å²) < 4.78 is 5.50. The lowest BCUT2D eigenvalue weighted by Crippen LogP contribution is -2.04. The molecule has 2 heterocycles. The van der Waals surface area contributed by atoms with E-state index < -0.39 is 0 Å². The molecule has 0 saturated carbocycles. The highest BCUT2D eigenvalue weighted by molar-refractivity contribution is 7.09. The number of aryl methyl sites for hydroxylation is 1. The van der Waals surface area contributed by atoms with E-state index in [1.165, 1.54) is 11.1 Å². The Hall–Kier alpha value is -2.13. The Morgan fingerprint density at radius 1 is 1.50 bits per heavy atom. The fraction of sp³-hybridized carbons (Fsp3) is 0.250. The average molecular weight is 260 g/mol. The zero-order valence-corrected chi connectivity index (χ0v) is 10.7. The summed E-state index contributed by atoms with van der Waals surface area (Å²) in [7, 11) is 0. The monoisotopic (exact) mass is 260 g/mol. The largest absolute Gasteiger partial charge is 0.476 e. The van der Waals surface area contributed by atoms with E-state index in [0.29, 0.717) is 23.7 Å². The van der Waals surface area contributed by atoms with Crippen molar-refractivity contribution in [1.82, 2.24) is 9.97 Å². The summed E-state index contributed by atoms with van der Waals surface area (Å²) in [4.78, 5) is 9.36. The van der Waals surface area contributed by atoms with E-state index in [1.54, 1.807) is 17.4 Å². The number of nitrogens with zero attached hydrogens (tertiary/aromatic N) is 3. The fourth-order valence-corrected chi connectivity index (χ4v) is 2.23. The standard InChI is InChI=1S/C12H12N4OS/c1-8-11(18-7-16-8)2-3-17-12-9(5-13)4-10(14)6-15-12/h4,6-7H,2-3,14H2,1H3. The summed E-state index contributed by atoms with van der Waals surface area (Å²) in [5.74, 6) is 0.328. The summed E-state index contributed by atoms with van der Waals surface area (Å²) in [5.41, 5.74) is 9.20. The first kappa shape index (κ1) is 12.3. The SMILES string of the molecule is Cc1ncsc1CCOc1ncc(N)cc1C#N. The molecule has 18 heavy (non-hydrogen) atoms. The van der Waals surface area contributed by atoms with Gasteiger partial charge < -0.3 is 10.5 Å². The number of pyridine rings is 1. The molecule has 5 nitrogen and oxygen atoms in total. The van der Waals surface area contributed by atoms with Crippen LogP contribution in [-0.4, -0.2) is 16.6 Å². The molecule has 0 amide bonds. The van der Waals surface area contributed by atoms with Crippen LogP contribution in [0.25, 0.3) is 0 Å². The van der Waals surface area contributed by atoms with Crippen LogP contribution in [0.3, 0.4) is 0 Å². The van der Waals surface area contributed by atoms with Gasteiger partial charge in [0.2, 0.25) is 5.88 Å². The van der Waals surface area contributed by atoms with Crippen LogP contribution >= 0.6 is 11.3 Å². The number of hydrogen-bond donors (Lipinski definition) is 1. The molecule has 2 N–H and O–H groups in total. The van der Waals surface area contributed by atoms with Gasteiger partial charge in [0.1, 0.15) is 11.6 Å². The maximum atomic E-state index is 8.94. The minimum atomic E-state index is 0.328. The van der Waals surface area contributed by atoms with Crippen LogP contribution < -0.4 is 10.5 Å². The second-order valence-corrected chi connectivity index (χ2v) is 4.63. The first-order valence-corrected chi connectivity index (χ1v) is 6.26. The predicted molar refractivity (Wildman–Crippen MR) is 69.4 cm³/mol. The van der Waals surface area contributed by atoms with Gasteiger partial charge in [-0.1, -0.05) is 0 Å². The van der Waals surface area contributed by atoms with Crippen LogP contribution in [0.5, 0.6) is 5.88 Å². The Balaban J connectivity index is 1.99. The Bertz CT molecular complexity index is 588. The number of nitrogens with two attached hydrogens (primary N) is 1. The highest BCUT2D eigenvalue weighted by Crippen LogP contribution is 2.18. The van der Waals surface area contributed by atoms with Gasteiger partial charge in [-0.3, -0.25) is 0 Å². The molecule has 2 aromatic heterocycles. The fourth-order valence-electron chi connectivity index (χ4n) is 1.47. The van der Waals surface area contributed by atoms with Crippen molar-refractivity contribution in [2.75, 3.05) is 12.3 Å². The molecule has 0 radical (unpaired) electrons. The molecule has 0 atom stereocenters. The first-order chi connectivity index (χ1) is 8.70. The number of rotatable bonds is 4. The van der Waals surface area contributed by atoms with Crippen molar-refractivity contribution in [3.63, 3.8) is 0 Å². The summed E-state index contributed by atoms with van der Waals surface area (Å²) in [6.45, 7) is 2.43. The molecule has 2 rings (SSSR count). The Morgan fingerprint density at radius 3 is 3.00 bits per heavy atom. The van der Waals surface area contributed by atoms with Gasteiger partial charge in [-0.25, -0.2) is 9.97 Å². The average Bonchev–Trinajstić information content (AvgIpc) is 2.77. The lowest BCUT2D eigenvalue weighted by Gasteiger charge is -2.06. The number of anilines is 1. The maximum absolute atomic E-state index is 8.94. The molecular weight excluding hydrogens is 248 g/mol. The van der Waals surface area contributed by atoms with Crippen molar-refractivity contribution >= 4 is 17.0 Å². The van der Waals surface area contributed by atoms with Crippen molar-refractivity contribution in [2.45, 2.75) is 13.3 Å². The first-order valence-electron chi connectivity index (χ1n) is 5.38. The van der Waals surface area contributed by atoms with Gasteiger partial charge in [0, 0.05) is 11.3 Å². The van der Waals surface area contributed by atoms with Gasteiger partial charge in [-0.05, 0) is 13.0 Å². The Labute approximate surface area is 109 Å². The number of thiazole rings is 1. The van der Waals surface area contributed by atoms with Gasteiger partial charge >= 0.3 is 0 Å². The smallest absolute Gasteiger partial charge is 0.231 e. The minimum absolute atomic E-state index is 0.328. The van der Waals surface area contributed by atoms with Gasteiger partial charge in [-0.15, -0.1) is 11.3 Å². The van der Waals surface area contributed by atoms with Gasteiger partial charge in [-0.2, -0.15) is 5.26 Å². The molecule has 0 aliphatic heterocycles. The zero-order chi connectivity index (χ0) is 13.0. The van der Waals surface area contributed by atoms with E-state index in [9.17, 15) is 0 Å². The number of nitrogen functional groups attached to an aromatic ring is 1. The number of aromatic nitrogens is 2. The van der Waals surface area contributed by atoms with Gasteiger partial charge in [0.05, 0.1) is 29.7 Å². The van der Waals surface area contributed by atoms with Crippen LogP contribution in [0, 0.1) is 18.3 Å². The molecule has 92 valence electrons.